The van der Waals surface area contributed by atoms with Crippen LogP contribution in [0.15, 0.2) is 24.3 Å². The summed E-state index contributed by atoms with van der Waals surface area (Å²) in [6.45, 7) is 0.771. The smallest absolute Gasteiger partial charge is 0.227 e. The minimum atomic E-state index is -2.90. The van der Waals surface area contributed by atoms with E-state index in [-0.39, 0.29) is 41.4 Å². The van der Waals surface area contributed by atoms with E-state index in [1.165, 1.54) is 12.1 Å². The molecule has 136 valence electrons. The van der Waals surface area contributed by atoms with Crippen LogP contribution >= 0.6 is 0 Å². The van der Waals surface area contributed by atoms with Gasteiger partial charge in [-0.3, -0.25) is 9.59 Å². The van der Waals surface area contributed by atoms with Gasteiger partial charge in [-0.2, -0.15) is 0 Å². The molecule has 25 heavy (non-hydrogen) atoms. The first-order chi connectivity index (χ1) is 11.8. The summed E-state index contributed by atoms with van der Waals surface area (Å²) in [5, 5.41) is 12.2. The summed E-state index contributed by atoms with van der Waals surface area (Å²) >= 11 is 0. The van der Waals surface area contributed by atoms with Crippen LogP contribution in [0.1, 0.15) is 19.3 Å². The number of carbonyl (C=O) groups is 2. The van der Waals surface area contributed by atoms with E-state index in [0.29, 0.717) is 31.6 Å². The maximum Gasteiger partial charge on any atom is 0.227 e. The SMILES string of the molecule is O=C(NCC1CCS(=O)(=O)CC1)[C@H]1CC(=O)N(c2ccc(O)cc2)C1. The number of sulfone groups is 1. The number of anilines is 1. The second-order valence-corrected chi connectivity index (χ2v) is 9.07. The summed E-state index contributed by atoms with van der Waals surface area (Å²) in [6.07, 6.45) is 1.31. The van der Waals surface area contributed by atoms with Gasteiger partial charge in [-0.15, -0.1) is 0 Å². The highest BCUT2D eigenvalue weighted by Crippen LogP contribution is 2.27. The third-order valence-electron chi connectivity index (χ3n) is 4.90. The fourth-order valence-corrected chi connectivity index (χ4v) is 4.89. The molecule has 2 fully saturated rings. The van der Waals surface area contributed by atoms with Crippen molar-refractivity contribution >= 4 is 27.3 Å². The Kier molecular flexibility index (Phi) is 4.99. The molecule has 0 saturated carbocycles. The zero-order valence-corrected chi connectivity index (χ0v) is 14.7. The quantitative estimate of drug-likeness (QED) is 0.816. The van der Waals surface area contributed by atoms with Crippen LogP contribution in [0, 0.1) is 11.8 Å². The lowest BCUT2D eigenvalue weighted by Gasteiger charge is -2.23. The monoisotopic (exact) mass is 366 g/mol. The molecule has 1 aromatic rings. The number of benzene rings is 1. The summed E-state index contributed by atoms with van der Waals surface area (Å²) in [4.78, 5) is 26.1. The van der Waals surface area contributed by atoms with E-state index in [1.807, 2.05) is 0 Å². The molecule has 7 nitrogen and oxygen atoms in total. The number of hydrogen-bond acceptors (Lipinski definition) is 5. The van der Waals surface area contributed by atoms with Crippen LogP contribution in [0.25, 0.3) is 0 Å². The molecule has 0 aliphatic carbocycles. The second kappa shape index (κ2) is 7.03. The van der Waals surface area contributed by atoms with Crippen molar-refractivity contribution in [3.63, 3.8) is 0 Å². The molecule has 0 bridgehead atoms. The standard InChI is InChI=1S/C17H22N2O5S/c20-15-3-1-14(2-4-15)19-11-13(9-16(19)21)17(22)18-10-12-5-7-25(23,24)8-6-12/h1-4,12-13,20H,5-11H2,(H,18,22)/t13-/m0/s1. The number of phenols is 1. The first-order valence-electron chi connectivity index (χ1n) is 8.41. The molecule has 2 amide bonds. The number of hydrogen-bond donors (Lipinski definition) is 2. The number of phenolic OH excluding ortho intramolecular Hbond substituents is 1. The van der Waals surface area contributed by atoms with Gasteiger partial charge in [0.15, 0.2) is 0 Å². The van der Waals surface area contributed by atoms with Gasteiger partial charge in [0.2, 0.25) is 11.8 Å². The largest absolute Gasteiger partial charge is 0.508 e. The Morgan fingerprint density at radius 1 is 1.20 bits per heavy atom. The van der Waals surface area contributed by atoms with Crippen molar-refractivity contribution in [2.24, 2.45) is 11.8 Å². The van der Waals surface area contributed by atoms with Crippen LogP contribution in [-0.4, -0.2) is 49.9 Å². The average molecular weight is 366 g/mol. The zero-order valence-electron chi connectivity index (χ0n) is 13.8. The molecule has 0 aromatic heterocycles. The highest BCUT2D eigenvalue weighted by molar-refractivity contribution is 7.91. The number of nitrogens with one attached hydrogen (secondary N) is 1. The lowest BCUT2D eigenvalue weighted by atomic mass is 10.0. The van der Waals surface area contributed by atoms with Gasteiger partial charge in [-0.1, -0.05) is 0 Å². The van der Waals surface area contributed by atoms with Gasteiger partial charge in [0, 0.05) is 25.2 Å². The molecule has 1 atom stereocenters. The third kappa shape index (κ3) is 4.31. The molecule has 0 spiro atoms. The summed E-state index contributed by atoms with van der Waals surface area (Å²) < 4.78 is 22.9. The molecule has 2 aliphatic rings. The molecule has 2 heterocycles. The van der Waals surface area contributed by atoms with E-state index in [1.54, 1.807) is 17.0 Å². The highest BCUT2D eigenvalue weighted by Gasteiger charge is 2.35. The van der Waals surface area contributed by atoms with E-state index < -0.39 is 15.8 Å². The summed E-state index contributed by atoms with van der Waals surface area (Å²) in [5.41, 5.74) is 0.663. The Balaban J connectivity index is 1.52. The molecule has 8 heteroatoms. The summed E-state index contributed by atoms with van der Waals surface area (Å²) in [5.74, 6) is -0.0167. The first-order valence-corrected chi connectivity index (χ1v) is 10.2. The lowest BCUT2D eigenvalue weighted by molar-refractivity contribution is -0.126. The van der Waals surface area contributed by atoms with E-state index in [4.69, 9.17) is 0 Å². The van der Waals surface area contributed by atoms with Crippen molar-refractivity contribution in [1.82, 2.24) is 5.32 Å². The molecule has 3 rings (SSSR count). The van der Waals surface area contributed by atoms with Gasteiger partial charge in [-0.05, 0) is 43.0 Å². The first kappa shape index (κ1) is 17.7. The van der Waals surface area contributed by atoms with Crippen molar-refractivity contribution < 1.29 is 23.1 Å². The zero-order chi connectivity index (χ0) is 18.0. The topological polar surface area (TPSA) is 104 Å². The number of nitrogens with zero attached hydrogens (tertiary/aromatic N) is 1. The minimum Gasteiger partial charge on any atom is -0.508 e. The van der Waals surface area contributed by atoms with E-state index in [0.717, 1.165) is 0 Å². The van der Waals surface area contributed by atoms with Crippen LogP contribution in [0.2, 0.25) is 0 Å². The Bertz CT molecular complexity index is 746. The lowest BCUT2D eigenvalue weighted by Crippen LogP contribution is -2.38. The molecular formula is C17H22N2O5S. The fraction of sp³-hybridized carbons (Fsp3) is 0.529. The summed E-state index contributed by atoms with van der Waals surface area (Å²) in [7, 11) is -2.90. The number of aromatic hydroxyl groups is 1. The summed E-state index contributed by atoms with van der Waals surface area (Å²) in [6, 6.07) is 6.31. The van der Waals surface area contributed by atoms with Gasteiger partial charge in [0.1, 0.15) is 15.6 Å². The maximum atomic E-state index is 12.3. The molecule has 0 unspecified atom stereocenters. The molecule has 2 N–H and O–H groups in total. The second-order valence-electron chi connectivity index (χ2n) is 6.76. The predicted octanol–water partition coefficient (Wildman–Crippen LogP) is 0.686. The van der Waals surface area contributed by atoms with Crippen molar-refractivity contribution in [2.45, 2.75) is 19.3 Å². The third-order valence-corrected chi connectivity index (χ3v) is 6.61. The molecule has 0 radical (unpaired) electrons. The predicted molar refractivity (Wildman–Crippen MR) is 93.0 cm³/mol. The van der Waals surface area contributed by atoms with Crippen molar-refractivity contribution in [3.05, 3.63) is 24.3 Å². The van der Waals surface area contributed by atoms with Crippen LogP contribution in [0.4, 0.5) is 5.69 Å². The molecule has 2 aliphatic heterocycles. The maximum absolute atomic E-state index is 12.3. The van der Waals surface area contributed by atoms with Gasteiger partial charge < -0.3 is 15.3 Å². The Labute approximate surface area is 146 Å². The van der Waals surface area contributed by atoms with E-state index in [2.05, 4.69) is 5.32 Å². The Morgan fingerprint density at radius 2 is 1.84 bits per heavy atom. The number of rotatable bonds is 4. The van der Waals surface area contributed by atoms with Crippen molar-refractivity contribution in [1.29, 1.82) is 0 Å². The number of carbonyl (C=O) groups excluding carboxylic acids is 2. The van der Waals surface area contributed by atoms with Crippen LogP contribution in [0.5, 0.6) is 5.75 Å². The van der Waals surface area contributed by atoms with E-state index in [9.17, 15) is 23.1 Å². The van der Waals surface area contributed by atoms with Gasteiger partial charge in [0.25, 0.3) is 0 Å². The molecular weight excluding hydrogens is 344 g/mol. The van der Waals surface area contributed by atoms with Gasteiger partial charge in [0.05, 0.1) is 17.4 Å². The molecule has 1 aromatic carbocycles. The van der Waals surface area contributed by atoms with Crippen LogP contribution in [0.3, 0.4) is 0 Å². The minimum absolute atomic E-state index is 0.116. The number of amides is 2. The molecule has 2 saturated heterocycles. The Morgan fingerprint density at radius 3 is 2.48 bits per heavy atom. The van der Waals surface area contributed by atoms with Crippen molar-refractivity contribution in [2.75, 3.05) is 29.5 Å². The van der Waals surface area contributed by atoms with Gasteiger partial charge in [-0.25, -0.2) is 8.42 Å². The fourth-order valence-electron chi connectivity index (χ4n) is 3.30. The average Bonchev–Trinajstić information content (AvgIpc) is 2.96. The Hall–Kier alpha value is -2.09. The van der Waals surface area contributed by atoms with Crippen molar-refractivity contribution in [3.8, 4) is 5.75 Å². The van der Waals surface area contributed by atoms with Crippen LogP contribution < -0.4 is 10.2 Å². The van der Waals surface area contributed by atoms with Gasteiger partial charge >= 0.3 is 0 Å². The van der Waals surface area contributed by atoms with E-state index >= 15 is 0 Å². The normalized spacial score (nSPS) is 23.6. The highest BCUT2D eigenvalue weighted by atomic mass is 32.2. The van der Waals surface area contributed by atoms with Crippen LogP contribution in [-0.2, 0) is 19.4 Å².